The second kappa shape index (κ2) is 5.50. The van der Waals surface area contributed by atoms with Crippen molar-refractivity contribution in [2.75, 3.05) is 6.67 Å². The van der Waals surface area contributed by atoms with Crippen molar-refractivity contribution in [2.24, 2.45) is 0 Å². The quantitative estimate of drug-likeness (QED) is 0.748. The van der Waals surface area contributed by atoms with E-state index in [1.54, 1.807) is 0 Å². The molecule has 0 radical (unpaired) electrons. The topological polar surface area (TPSA) is 0 Å². The van der Waals surface area contributed by atoms with Crippen LogP contribution in [0.3, 0.4) is 0 Å². The van der Waals surface area contributed by atoms with Crippen LogP contribution in [-0.2, 0) is 6.42 Å². The molecule has 14 heavy (non-hydrogen) atoms. The maximum atomic E-state index is 12.5. The molecule has 1 aromatic carbocycles. The van der Waals surface area contributed by atoms with Crippen LogP contribution in [0.2, 0.25) is 0 Å². The van der Waals surface area contributed by atoms with Crippen molar-refractivity contribution in [1.29, 1.82) is 0 Å². The Balaban J connectivity index is 2.94. The summed E-state index contributed by atoms with van der Waals surface area (Å²) in [6, 6.07) is 6.22. The highest BCUT2D eigenvalue weighted by molar-refractivity contribution is 9.10. The Morgan fingerprint density at radius 1 is 1.36 bits per heavy atom. The van der Waals surface area contributed by atoms with Gasteiger partial charge in [0.1, 0.15) is 0 Å². The fraction of sp³-hybridized carbons (Fsp3) is 0.500. The highest BCUT2D eigenvalue weighted by Gasteiger charge is 2.06. The number of alkyl halides is 1. The monoisotopic (exact) mass is 258 g/mol. The molecule has 0 bridgehead atoms. The van der Waals surface area contributed by atoms with E-state index in [9.17, 15) is 4.39 Å². The molecule has 0 saturated carbocycles. The zero-order chi connectivity index (χ0) is 10.6. The Hall–Kier alpha value is -0.370. The van der Waals surface area contributed by atoms with Crippen LogP contribution < -0.4 is 0 Å². The summed E-state index contributed by atoms with van der Waals surface area (Å²) in [6.45, 7) is 3.78. The van der Waals surface area contributed by atoms with Gasteiger partial charge in [0.05, 0.1) is 6.67 Å². The SMILES string of the molecule is CCCc1cc(Br)cc(C(C)CF)c1. The summed E-state index contributed by atoms with van der Waals surface area (Å²) in [5.74, 6) is 0.00288. The molecule has 0 spiro atoms. The van der Waals surface area contributed by atoms with Crippen molar-refractivity contribution in [1.82, 2.24) is 0 Å². The van der Waals surface area contributed by atoms with Crippen molar-refractivity contribution in [3.05, 3.63) is 33.8 Å². The van der Waals surface area contributed by atoms with Crippen LogP contribution >= 0.6 is 15.9 Å². The molecule has 0 amide bonds. The van der Waals surface area contributed by atoms with Gasteiger partial charge in [0.15, 0.2) is 0 Å². The summed E-state index contributed by atoms with van der Waals surface area (Å²) in [4.78, 5) is 0. The van der Waals surface area contributed by atoms with Crippen LogP contribution in [0.4, 0.5) is 4.39 Å². The van der Waals surface area contributed by atoms with Gasteiger partial charge in [-0.25, -0.2) is 0 Å². The van der Waals surface area contributed by atoms with E-state index in [0.29, 0.717) is 0 Å². The standard InChI is InChI=1S/C12H16BrF/c1-3-4-10-5-11(9(2)8-14)7-12(13)6-10/h5-7,9H,3-4,8H2,1-2H3. The molecule has 1 aromatic rings. The first-order valence-electron chi connectivity index (χ1n) is 5.02. The zero-order valence-electron chi connectivity index (χ0n) is 8.69. The Bertz CT molecular complexity index is 296. The summed E-state index contributed by atoms with van der Waals surface area (Å²) in [5.41, 5.74) is 2.38. The van der Waals surface area contributed by atoms with Crippen molar-refractivity contribution < 1.29 is 4.39 Å². The molecule has 1 unspecified atom stereocenters. The summed E-state index contributed by atoms with van der Waals surface area (Å²) in [5, 5.41) is 0. The molecule has 0 aliphatic carbocycles. The molecule has 0 N–H and O–H groups in total. The van der Waals surface area contributed by atoms with Crippen molar-refractivity contribution in [2.45, 2.75) is 32.6 Å². The van der Waals surface area contributed by atoms with E-state index in [-0.39, 0.29) is 12.6 Å². The molecular formula is C12H16BrF. The van der Waals surface area contributed by atoms with E-state index in [0.717, 1.165) is 22.9 Å². The van der Waals surface area contributed by atoms with Gasteiger partial charge in [0.2, 0.25) is 0 Å². The van der Waals surface area contributed by atoms with Crippen LogP contribution in [0.25, 0.3) is 0 Å². The molecule has 0 aliphatic heterocycles. The van der Waals surface area contributed by atoms with Gasteiger partial charge in [-0.3, -0.25) is 4.39 Å². The molecule has 1 rings (SSSR count). The minimum Gasteiger partial charge on any atom is -0.250 e. The lowest BCUT2D eigenvalue weighted by atomic mass is 9.99. The Kier molecular flexibility index (Phi) is 4.59. The molecular weight excluding hydrogens is 243 g/mol. The molecule has 1 atom stereocenters. The van der Waals surface area contributed by atoms with E-state index in [1.165, 1.54) is 5.56 Å². The number of hydrogen-bond acceptors (Lipinski definition) is 0. The number of hydrogen-bond donors (Lipinski definition) is 0. The second-order valence-electron chi connectivity index (χ2n) is 3.70. The first kappa shape index (κ1) is 11.7. The average molecular weight is 259 g/mol. The van der Waals surface area contributed by atoms with Gasteiger partial charge >= 0.3 is 0 Å². The molecule has 0 aliphatic rings. The summed E-state index contributed by atoms with van der Waals surface area (Å²) in [7, 11) is 0. The molecule has 0 heterocycles. The fourth-order valence-electron chi connectivity index (χ4n) is 1.48. The minimum atomic E-state index is -0.290. The van der Waals surface area contributed by atoms with E-state index in [4.69, 9.17) is 0 Å². The maximum Gasteiger partial charge on any atom is 0.0960 e. The number of halogens is 2. The zero-order valence-corrected chi connectivity index (χ0v) is 10.3. The van der Waals surface area contributed by atoms with Gasteiger partial charge < -0.3 is 0 Å². The molecule has 0 aromatic heterocycles. The van der Waals surface area contributed by atoms with Gasteiger partial charge in [-0.05, 0) is 29.7 Å². The lowest BCUT2D eigenvalue weighted by Crippen LogP contribution is -1.97. The molecule has 78 valence electrons. The summed E-state index contributed by atoms with van der Waals surface area (Å²) >= 11 is 3.46. The smallest absolute Gasteiger partial charge is 0.0960 e. The molecule has 0 fully saturated rings. The second-order valence-corrected chi connectivity index (χ2v) is 4.61. The van der Waals surface area contributed by atoms with Crippen LogP contribution in [0, 0.1) is 0 Å². The van der Waals surface area contributed by atoms with Crippen LogP contribution in [0.5, 0.6) is 0 Å². The normalized spacial score (nSPS) is 12.9. The maximum absolute atomic E-state index is 12.5. The van der Waals surface area contributed by atoms with Gasteiger partial charge in [-0.1, -0.05) is 42.3 Å². The van der Waals surface area contributed by atoms with E-state index < -0.39 is 0 Å². The summed E-state index contributed by atoms with van der Waals surface area (Å²) < 4.78 is 13.6. The predicted molar refractivity (Wildman–Crippen MR) is 62.5 cm³/mol. The number of rotatable bonds is 4. The van der Waals surface area contributed by atoms with Crippen LogP contribution in [0.15, 0.2) is 22.7 Å². The Labute approximate surface area is 93.7 Å². The fourth-order valence-corrected chi connectivity index (χ4v) is 2.04. The largest absolute Gasteiger partial charge is 0.250 e. The van der Waals surface area contributed by atoms with Crippen molar-refractivity contribution in [3.63, 3.8) is 0 Å². The van der Waals surface area contributed by atoms with E-state index in [2.05, 4.69) is 35.0 Å². The van der Waals surface area contributed by atoms with Crippen molar-refractivity contribution in [3.8, 4) is 0 Å². The van der Waals surface area contributed by atoms with Gasteiger partial charge in [-0.2, -0.15) is 0 Å². The number of benzene rings is 1. The highest BCUT2D eigenvalue weighted by atomic mass is 79.9. The molecule has 2 heteroatoms. The average Bonchev–Trinajstić information content (AvgIpc) is 2.16. The van der Waals surface area contributed by atoms with E-state index >= 15 is 0 Å². The molecule has 0 nitrogen and oxygen atoms in total. The van der Waals surface area contributed by atoms with Gasteiger partial charge in [-0.15, -0.1) is 0 Å². The summed E-state index contributed by atoms with van der Waals surface area (Å²) in [6.07, 6.45) is 2.19. The first-order chi connectivity index (χ1) is 6.67. The third-order valence-electron chi connectivity index (χ3n) is 2.32. The number of aryl methyl sites for hydroxylation is 1. The third-order valence-corrected chi connectivity index (χ3v) is 2.78. The molecule has 0 saturated heterocycles. The van der Waals surface area contributed by atoms with Gasteiger partial charge in [0.25, 0.3) is 0 Å². The third kappa shape index (κ3) is 3.09. The van der Waals surface area contributed by atoms with Crippen molar-refractivity contribution >= 4 is 15.9 Å². The Morgan fingerprint density at radius 3 is 2.64 bits per heavy atom. The highest BCUT2D eigenvalue weighted by Crippen LogP contribution is 2.23. The first-order valence-corrected chi connectivity index (χ1v) is 5.82. The minimum absolute atomic E-state index is 0.00288. The lowest BCUT2D eigenvalue weighted by molar-refractivity contribution is 0.447. The van der Waals surface area contributed by atoms with E-state index in [1.807, 2.05) is 13.0 Å². The Morgan fingerprint density at radius 2 is 2.07 bits per heavy atom. The van der Waals surface area contributed by atoms with Crippen LogP contribution in [-0.4, -0.2) is 6.67 Å². The lowest BCUT2D eigenvalue weighted by Gasteiger charge is -2.10. The predicted octanol–water partition coefficient (Wildman–Crippen LogP) is 4.47. The van der Waals surface area contributed by atoms with Crippen LogP contribution in [0.1, 0.15) is 37.3 Å². The van der Waals surface area contributed by atoms with Gasteiger partial charge in [0, 0.05) is 10.4 Å².